The SMILES string of the molecule is CCOC(=O)c1cc(CC)sc1NC(=O)c1c(C)c(-c2cccc(Cl)c2)nc2ccccc12. The summed E-state index contributed by atoms with van der Waals surface area (Å²) in [7, 11) is 0. The number of nitrogens with one attached hydrogen (secondary N) is 1. The molecule has 168 valence electrons. The predicted octanol–water partition coefficient (Wildman–Crippen LogP) is 6.92. The first-order chi connectivity index (χ1) is 15.9. The van der Waals surface area contributed by atoms with E-state index in [0.29, 0.717) is 32.4 Å². The van der Waals surface area contributed by atoms with Crippen LogP contribution in [-0.4, -0.2) is 23.5 Å². The molecule has 1 N–H and O–H groups in total. The maximum atomic E-state index is 13.6. The number of thiophene rings is 1. The zero-order chi connectivity index (χ0) is 23.5. The summed E-state index contributed by atoms with van der Waals surface area (Å²) in [6.07, 6.45) is 0.753. The predicted molar refractivity (Wildman–Crippen MR) is 135 cm³/mol. The minimum atomic E-state index is -0.445. The van der Waals surface area contributed by atoms with Crippen LogP contribution in [-0.2, 0) is 11.2 Å². The number of ether oxygens (including phenoxy) is 1. The lowest BCUT2D eigenvalue weighted by atomic mass is 9.97. The van der Waals surface area contributed by atoms with Crippen LogP contribution in [0.5, 0.6) is 0 Å². The number of esters is 1. The van der Waals surface area contributed by atoms with Crippen molar-refractivity contribution in [1.29, 1.82) is 0 Å². The van der Waals surface area contributed by atoms with E-state index in [-0.39, 0.29) is 12.5 Å². The van der Waals surface area contributed by atoms with Gasteiger partial charge in [-0.2, -0.15) is 0 Å². The number of halogens is 1. The van der Waals surface area contributed by atoms with Gasteiger partial charge in [0.05, 0.1) is 28.9 Å². The number of hydrogen-bond donors (Lipinski definition) is 1. The number of benzene rings is 2. The highest BCUT2D eigenvalue weighted by molar-refractivity contribution is 7.16. The molecule has 0 saturated carbocycles. The number of amides is 1. The Balaban J connectivity index is 1.83. The minimum Gasteiger partial charge on any atom is -0.462 e. The van der Waals surface area contributed by atoms with Crippen LogP contribution in [0.15, 0.2) is 54.6 Å². The average Bonchev–Trinajstić information content (AvgIpc) is 3.21. The second-order valence-electron chi connectivity index (χ2n) is 7.47. The van der Waals surface area contributed by atoms with Gasteiger partial charge in [-0.1, -0.05) is 48.9 Å². The topological polar surface area (TPSA) is 68.3 Å². The molecule has 2 heterocycles. The summed E-state index contributed by atoms with van der Waals surface area (Å²) in [6.45, 7) is 5.90. The van der Waals surface area contributed by atoms with E-state index in [0.717, 1.165) is 27.8 Å². The van der Waals surface area contributed by atoms with Crippen molar-refractivity contribution in [2.45, 2.75) is 27.2 Å². The first-order valence-corrected chi connectivity index (χ1v) is 11.9. The van der Waals surface area contributed by atoms with Gasteiger partial charge in [-0.3, -0.25) is 4.79 Å². The van der Waals surface area contributed by atoms with Crippen LogP contribution in [0.25, 0.3) is 22.2 Å². The van der Waals surface area contributed by atoms with E-state index < -0.39 is 5.97 Å². The number of anilines is 1. The summed E-state index contributed by atoms with van der Waals surface area (Å²) in [6, 6.07) is 16.7. The zero-order valence-electron chi connectivity index (χ0n) is 18.6. The Morgan fingerprint density at radius 3 is 2.61 bits per heavy atom. The molecule has 0 spiro atoms. The third-order valence-electron chi connectivity index (χ3n) is 5.31. The Morgan fingerprint density at radius 2 is 1.88 bits per heavy atom. The van der Waals surface area contributed by atoms with Crippen LogP contribution in [0.3, 0.4) is 0 Å². The third-order valence-corrected chi connectivity index (χ3v) is 6.74. The van der Waals surface area contributed by atoms with Gasteiger partial charge < -0.3 is 10.1 Å². The van der Waals surface area contributed by atoms with Crippen molar-refractivity contribution in [1.82, 2.24) is 4.98 Å². The monoisotopic (exact) mass is 478 g/mol. The highest BCUT2D eigenvalue weighted by Gasteiger charge is 2.23. The summed E-state index contributed by atoms with van der Waals surface area (Å²) >= 11 is 7.60. The van der Waals surface area contributed by atoms with Crippen LogP contribution in [0, 0.1) is 6.92 Å². The summed E-state index contributed by atoms with van der Waals surface area (Å²) in [5, 5.41) is 4.79. The van der Waals surface area contributed by atoms with Gasteiger partial charge in [0.1, 0.15) is 5.00 Å². The lowest BCUT2D eigenvalue weighted by molar-refractivity contribution is 0.0528. The Hall–Kier alpha value is -3.22. The molecule has 0 unspecified atom stereocenters. The van der Waals surface area contributed by atoms with E-state index in [1.807, 2.05) is 56.3 Å². The number of pyridine rings is 1. The van der Waals surface area contributed by atoms with E-state index in [4.69, 9.17) is 21.3 Å². The van der Waals surface area contributed by atoms with Crippen LogP contribution < -0.4 is 5.32 Å². The molecule has 4 aromatic rings. The van der Waals surface area contributed by atoms with Crippen LogP contribution >= 0.6 is 22.9 Å². The van der Waals surface area contributed by atoms with Crippen molar-refractivity contribution in [3.63, 3.8) is 0 Å². The summed E-state index contributed by atoms with van der Waals surface area (Å²) in [4.78, 5) is 31.9. The maximum Gasteiger partial charge on any atom is 0.341 e. The van der Waals surface area contributed by atoms with Gasteiger partial charge >= 0.3 is 5.97 Å². The highest BCUT2D eigenvalue weighted by atomic mass is 35.5. The largest absolute Gasteiger partial charge is 0.462 e. The molecule has 7 heteroatoms. The number of para-hydroxylation sites is 1. The maximum absolute atomic E-state index is 13.6. The average molecular weight is 479 g/mol. The van der Waals surface area contributed by atoms with Crippen LogP contribution in [0.4, 0.5) is 5.00 Å². The van der Waals surface area contributed by atoms with Crippen molar-refractivity contribution in [3.8, 4) is 11.3 Å². The fourth-order valence-electron chi connectivity index (χ4n) is 3.75. The minimum absolute atomic E-state index is 0.265. The fourth-order valence-corrected chi connectivity index (χ4v) is 4.92. The Morgan fingerprint density at radius 1 is 1.09 bits per heavy atom. The van der Waals surface area contributed by atoms with Crippen molar-refractivity contribution in [2.24, 2.45) is 0 Å². The number of aromatic nitrogens is 1. The molecule has 0 aliphatic heterocycles. The van der Waals surface area contributed by atoms with E-state index in [1.165, 1.54) is 11.3 Å². The fraction of sp³-hybridized carbons (Fsp3) is 0.192. The van der Waals surface area contributed by atoms with E-state index >= 15 is 0 Å². The Kier molecular flexibility index (Phi) is 6.77. The number of hydrogen-bond acceptors (Lipinski definition) is 5. The molecule has 1 amide bonds. The van der Waals surface area contributed by atoms with Crippen molar-refractivity contribution >= 4 is 50.7 Å². The Labute approximate surface area is 201 Å². The molecular formula is C26H23ClN2O3S. The molecular weight excluding hydrogens is 456 g/mol. The van der Waals surface area contributed by atoms with E-state index in [2.05, 4.69) is 5.32 Å². The lowest BCUT2D eigenvalue weighted by Crippen LogP contribution is -2.16. The molecule has 0 bridgehead atoms. The van der Waals surface area contributed by atoms with Crippen LogP contribution in [0.2, 0.25) is 5.02 Å². The molecule has 0 radical (unpaired) electrons. The molecule has 5 nitrogen and oxygen atoms in total. The molecule has 0 aliphatic rings. The quantitative estimate of drug-likeness (QED) is 0.305. The standard InChI is InChI=1S/C26H23ClN2O3S/c1-4-18-14-20(26(31)32-5-2)25(33-18)29-24(30)22-15(3)23(16-9-8-10-17(27)13-16)28-21-12-7-6-11-19(21)22/h6-14H,4-5H2,1-3H3,(H,29,30). The Bertz CT molecular complexity index is 1360. The number of fused-ring (bicyclic) bond motifs is 1. The van der Waals surface area contributed by atoms with Crippen molar-refractivity contribution in [3.05, 3.63) is 81.2 Å². The molecule has 0 fully saturated rings. The van der Waals surface area contributed by atoms with Crippen LogP contribution in [0.1, 0.15) is 45.0 Å². The third kappa shape index (κ3) is 4.63. The highest BCUT2D eigenvalue weighted by Crippen LogP contribution is 2.34. The molecule has 2 aromatic heterocycles. The molecule has 0 atom stereocenters. The summed E-state index contributed by atoms with van der Waals surface area (Å²) in [5.74, 6) is -0.746. The van der Waals surface area contributed by atoms with Gasteiger partial charge in [0, 0.05) is 20.8 Å². The van der Waals surface area contributed by atoms with Gasteiger partial charge in [-0.25, -0.2) is 9.78 Å². The summed E-state index contributed by atoms with van der Waals surface area (Å²) in [5.41, 5.74) is 3.84. The number of nitrogens with zero attached hydrogens (tertiary/aromatic N) is 1. The lowest BCUT2D eigenvalue weighted by Gasteiger charge is -2.15. The molecule has 0 aliphatic carbocycles. The zero-order valence-corrected chi connectivity index (χ0v) is 20.1. The second kappa shape index (κ2) is 9.73. The van der Waals surface area contributed by atoms with Gasteiger partial charge in [0.25, 0.3) is 5.91 Å². The van der Waals surface area contributed by atoms with E-state index in [9.17, 15) is 9.59 Å². The molecule has 33 heavy (non-hydrogen) atoms. The number of rotatable bonds is 6. The van der Waals surface area contributed by atoms with Gasteiger partial charge in [-0.15, -0.1) is 11.3 Å². The van der Waals surface area contributed by atoms with Crippen molar-refractivity contribution < 1.29 is 14.3 Å². The molecule has 2 aromatic carbocycles. The normalized spacial score (nSPS) is 10.9. The number of carbonyl (C=O) groups excluding carboxylic acids is 2. The summed E-state index contributed by atoms with van der Waals surface area (Å²) < 4.78 is 5.19. The van der Waals surface area contributed by atoms with E-state index in [1.54, 1.807) is 19.1 Å². The smallest absolute Gasteiger partial charge is 0.341 e. The van der Waals surface area contributed by atoms with Gasteiger partial charge in [-0.05, 0) is 50.1 Å². The first-order valence-electron chi connectivity index (χ1n) is 10.7. The van der Waals surface area contributed by atoms with Gasteiger partial charge in [0.2, 0.25) is 0 Å². The number of aryl methyl sites for hydroxylation is 1. The molecule has 0 saturated heterocycles. The van der Waals surface area contributed by atoms with Crippen molar-refractivity contribution in [2.75, 3.05) is 11.9 Å². The first kappa shape index (κ1) is 23.0. The molecule has 4 rings (SSSR count). The van der Waals surface area contributed by atoms with Gasteiger partial charge in [0.15, 0.2) is 0 Å². The number of carbonyl (C=O) groups is 2. The second-order valence-corrected chi connectivity index (χ2v) is 9.04.